The van der Waals surface area contributed by atoms with E-state index in [9.17, 15) is 4.79 Å². The molecule has 138 valence electrons. The molecular weight excluding hydrogens is 412 g/mol. The Labute approximate surface area is 159 Å². The summed E-state index contributed by atoms with van der Waals surface area (Å²) in [5.74, 6) is 0.408. The summed E-state index contributed by atoms with van der Waals surface area (Å²) in [4.78, 5) is 16.5. The lowest BCUT2D eigenvalue weighted by Gasteiger charge is -2.10. The Kier molecular flexibility index (Phi) is 8.56. The highest BCUT2D eigenvalue weighted by atomic mass is 79.9. The molecule has 0 unspecified atom stereocenters. The number of carbonyl (C=O) groups excluding carboxylic acids is 1. The summed E-state index contributed by atoms with van der Waals surface area (Å²) in [7, 11) is 1.63. The zero-order valence-electron chi connectivity index (χ0n) is 13.9. The predicted molar refractivity (Wildman–Crippen MR) is 98.2 cm³/mol. The van der Waals surface area contributed by atoms with E-state index in [0.717, 1.165) is 53.5 Å². The number of ether oxygens (including phenoxy) is 1. The third kappa shape index (κ3) is 6.87. The average Bonchev–Trinajstić information content (AvgIpc) is 3.05. The van der Waals surface area contributed by atoms with Crippen molar-refractivity contribution in [2.24, 2.45) is 0 Å². The van der Waals surface area contributed by atoms with Crippen LogP contribution >= 0.6 is 28.0 Å². The molecular formula is C16H21BrN2O5S. The van der Waals surface area contributed by atoms with Gasteiger partial charge in [-0.2, -0.15) is 4.28 Å². The van der Waals surface area contributed by atoms with Gasteiger partial charge in [-0.3, -0.25) is 10.0 Å². The van der Waals surface area contributed by atoms with E-state index in [1.54, 1.807) is 12.6 Å². The molecule has 25 heavy (non-hydrogen) atoms. The maximum atomic E-state index is 10.9. The molecule has 0 spiro atoms. The number of nitrogens with zero attached hydrogens (tertiary/aromatic N) is 1. The minimum Gasteiger partial charge on any atom is -0.496 e. The van der Waals surface area contributed by atoms with Crippen molar-refractivity contribution in [2.75, 3.05) is 13.7 Å². The first-order chi connectivity index (χ1) is 12.1. The molecule has 0 aliphatic carbocycles. The fourth-order valence-corrected chi connectivity index (χ4v) is 3.15. The number of hydrogen-bond donors (Lipinski definition) is 2. The summed E-state index contributed by atoms with van der Waals surface area (Å²) in [5, 5.41) is 10.5. The van der Waals surface area contributed by atoms with E-state index in [-0.39, 0.29) is 5.91 Å². The first-order valence-electron chi connectivity index (χ1n) is 7.90. The number of nitrogens with one attached hydrogen (secondary N) is 1. The van der Waals surface area contributed by atoms with Gasteiger partial charge in [0.25, 0.3) is 0 Å². The molecule has 0 atom stereocenters. The topological polar surface area (TPSA) is 80.3 Å². The molecule has 1 aromatic carbocycles. The Bertz CT molecular complexity index is 614. The summed E-state index contributed by atoms with van der Waals surface area (Å²) in [6, 6.07) is 5.74. The van der Waals surface area contributed by atoms with E-state index in [1.807, 2.05) is 24.3 Å². The van der Waals surface area contributed by atoms with E-state index < -0.39 is 0 Å². The molecule has 1 amide bonds. The van der Waals surface area contributed by atoms with Crippen LogP contribution in [0.3, 0.4) is 0 Å². The molecule has 1 aliphatic heterocycles. The van der Waals surface area contributed by atoms with Crippen LogP contribution in [0.25, 0.3) is 6.08 Å². The van der Waals surface area contributed by atoms with Crippen LogP contribution in [0.5, 0.6) is 5.75 Å². The van der Waals surface area contributed by atoms with Gasteiger partial charge >= 0.3 is 0 Å². The Morgan fingerprint density at radius 2 is 2.20 bits per heavy atom. The highest BCUT2D eigenvalue weighted by Crippen LogP contribution is 2.34. The van der Waals surface area contributed by atoms with Crippen molar-refractivity contribution in [3.8, 4) is 5.75 Å². The molecule has 9 heteroatoms. The quantitative estimate of drug-likeness (QED) is 0.263. The fraction of sp³-hybridized carbons (Fsp3) is 0.438. The number of benzene rings is 1. The number of carbonyl (C=O) groups is 1. The number of halogens is 1. The van der Waals surface area contributed by atoms with Gasteiger partial charge < -0.3 is 9.57 Å². The van der Waals surface area contributed by atoms with Gasteiger partial charge in [0.2, 0.25) is 11.0 Å². The van der Waals surface area contributed by atoms with E-state index in [0.29, 0.717) is 18.1 Å². The maximum Gasteiger partial charge on any atom is 0.243 e. The number of methoxy groups -OCH3 is 1. The monoisotopic (exact) mass is 432 g/mol. The summed E-state index contributed by atoms with van der Waals surface area (Å²) < 4.78 is 11.7. The molecule has 7 nitrogen and oxygen atoms in total. The SMILES string of the molecule is COc1ccc(Br)cc1/C=C1/ON(CCCCCCC(=O)NO)OS1. The minimum atomic E-state index is -0.347. The summed E-state index contributed by atoms with van der Waals surface area (Å²) in [5.41, 5.74) is 2.52. The molecule has 1 saturated heterocycles. The maximum absolute atomic E-state index is 10.9. The summed E-state index contributed by atoms with van der Waals surface area (Å²) >= 11 is 4.60. The van der Waals surface area contributed by atoms with Crippen LogP contribution < -0.4 is 10.2 Å². The summed E-state index contributed by atoms with van der Waals surface area (Å²) in [6.07, 6.45) is 5.69. The number of unbranched alkanes of at least 4 members (excludes halogenated alkanes) is 3. The number of rotatable bonds is 9. The highest BCUT2D eigenvalue weighted by Gasteiger charge is 2.21. The van der Waals surface area contributed by atoms with E-state index in [1.165, 1.54) is 5.23 Å². The number of hydrogen-bond acceptors (Lipinski definition) is 7. The van der Waals surface area contributed by atoms with Crippen LogP contribution in [0.4, 0.5) is 0 Å². The molecule has 0 bridgehead atoms. The van der Waals surface area contributed by atoms with Crippen LogP contribution in [0, 0.1) is 0 Å². The van der Waals surface area contributed by atoms with E-state index >= 15 is 0 Å². The average molecular weight is 433 g/mol. The summed E-state index contributed by atoms with van der Waals surface area (Å²) in [6.45, 7) is 0.631. The lowest BCUT2D eigenvalue weighted by Crippen LogP contribution is -2.18. The van der Waals surface area contributed by atoms with Crippen LogP contribution in [0.1, 0.15) is 37.7 Å². The Hall–Kier alpha value is -1.26. The van der Waals surface area contributed by atoms with Gasteiger partial charge in [0.05, 0.1) is 25.7 Å². The van der Waals surface area contributed by atoms with Crippen LogP contribution in [-0.2, 0) is 13.9 Å². The largest absolute Gasteiger partial charge is 0.496 e. The minimum absolute atomic E-state index is 0.338. The molecule has 2 N–H and O–H groups in total. The molecule has 0 radical (unpaired) electrons. The molecule has 1 fully saturated rings. The standard InChI is InChI=1S/C16H21BrN2O5S/c1-22-14-8-7-13(17)10-12(14)11-16-23-19(24-25-16)9-5-3-2-4-6-15(20)18-21/h7-8,10-11,21H,2-6,9H2,1H3,(H,18,20)/b16-11-. The highest BCUT2D eigenvalue weighted by molar-refractivity contribution is 9.10. The number of hydroxylamine groups is 3. The van der Waals surface area contributed by atoms with Crippen LogP contribution in [0.2, 0.25) is 0 Å². The van der Waals surface area contributed by atoms with Crippen molar-refractivity contribution in [1.29, 1.82) is 0 Å². The van der Waals surface area contributed by atoms with Crippen molar-refractivity contribution in [1.82, 2.24) is 10.7 Å². The van der Waals surface area contributed by atoms with Crippen molar-refractivity contribution in [3.05, 3.63) is 33.3 Å². The lowest BCUT2D eigenvalue weighted by molar-refractivity contribution is -0.259. The molecule has 0 aromatic heterocycles. The molecule has 1 aliphatic rings. The lowest BCUT2D eigenvalue weighted by atomic mass is 10.1. The molecule has 0 saturated carbocycles. The normalized spacial score (nSPS) is 16.0. The zero-order valence-corrected chi connectivity index (χ0v) is 16.3. The third-order valence-electron chi connectivity index (χ3n) is 3.48. The van der Waals surface area contributed by atoms with E-state index in [4.69, 9.17) is 19.1 Å². The third-order valence-corrected chi connectivity index (χ3v) is 4.57. The van der Waals surface area contributed by atoms with E-state index in [2.05, 4.69) is 15.9 Å². The predicted octanol–water partition coefficient (Wildman–Crippen LogP) is 4.04. The second-order valence-electron chi connectivity index (χ2n) is 5.35. The Morgan fingerprint density at radius 3 is 2.96 bits per heavy atom. The Morgan fingerprint density at radius 1 is 1.40 bits per heavy atom. The van der Waals surface area contributed by atoms with Gasteiger partial charge in [0.15, 0.2) is 0 Å². The van der Waals surface area contributed by atoms with Gasteiger partial charge in [-0.15, -0.1) is 0 Å². The van der Waals surface area contributed by atoms with Crippen molar-refractivity contribution >= 4 is 40.0 Å². The molecule has 2 rings (SSSR count). The van der Waals surface area contributed by atoms with Crippen molar-refractivity contribution in [3.63, 3.8) is 0 Å². The van der Waals surface area contributed by atoms with Gasteiger partial charge in [0.1, 0.15) is 5.75 Å². The Balaban J connectivity index is 1.73. The smallest absolute Gasteiger partial charge is 0.243 e. The van der Waals surface area contributed by atoms with Gasteiger partial charge in [-0.05, 0) is 36.3 Å². The van der Waals surface area contributed by atoms with Crippen LogP contribution in [-0.4, -0.2) is 30.0 Å². The van der Waals surface area contributed by atoms with Crippen molar-refractivity contribution < 1.29 is 23.9 Å². The van der Waals surface area contributed by atoms with Crippen molar-refractivity contribution in [2.45, 2.75) is 32.1 Å². The first-order valence-corrected chi connectivity index (χ1v) is 9.44. The van der Waals surface area contributed by atoms with Gasteiger partial charge in [0, 0.05) is 22.5 Å². The number of amides is 1. The second-order valence-corrected chi connectivity index (χ2v) is 6.99. The first kappa shape index (κ1) is 20.1. The molecule has 1 heterocycles. The van der Waals surface area contributed by atoms with Gasteiger partial charge in [-0.1, -0.05) is 28.8 Å². The van der Waals surface area contributed by atoms with Gasteiger partial charge in [-0.25, -0.2) is 5.48 Å². The molecule has 1 aromatic rings. The fourth-order valence-electron chi connectivity index (χ4n) is 2.22. The zero-order chi connectivity index (χ0) is 18.1. The van der Waals surface area contributed by atoms with Crippen LogP contribution in [0.15, 0.2) is 27.8 Å². The second kappa shape index (κ2) is 10.7.